The predicted octanol–water partition coefficient (Wildman–Crippen LogP) is 4.65. The van der Waals surface area contributed by atoms with E-state index in [4.69, 9.17) is 10.1 Å². The Hall–Kier alpha value is -3.28. The molecule has 1 aromatic heterocycles. The molecule has 1 aliphatic carbocycles. The van der Waals surface area contributed by atoms with E-state index in [9.17, 15) is 4.79 Å². The number of nitrogens with one attached hydrogen (secondary N) is 2. The highest BCUT2D eigenvalue weighted by Crippen LogP contribution is 2.23. The van der Waals surface area contributed by atoms with Crippen LogP contribution in [0.25, 0.3) is 0 Å². The fraction of sp³-hybridized carbons (Fsp3) is 0.304. The maximum absolute atomic E-state index is 12.7. The van der Waals surface area contributed by atoms with E-state index in [2.05, 4.69) is 15.3 Å². The Kier molecular flexibility index (Phi) is 7.69. The third-order valence-corrected chi connectivity index (χ3v) is 4.75. The molecule has 0 saturated heterocycles. The molecule has 3 rings (SSSR count). The zero-order valence-electron chi connectivity index (χ0n) is 16.3. The van der Waals surface area contributed by atoms with Gasteiger partial charge in [-0.1, -0.05) is 61.0 Å². The van der Waals surface area contributed by atoms with Crippen LogP contribution in [0, 0.1) is 5.41 Å². The van der Waals surface area contributed by atoms with Crippen LogP contribution in [0.4, 0.5) is 5.95 Å². The number of nitrogens with zero attached hydrogens (tertiary/aromatic N) is 2. The van der Waals surface area contributed by atoms with Crippen molar-refractivity contribution < 1.29 is 9.53 Å². The average molecular weight is 390 g/mol. The number of aromatic nitrogens is 2. The zero-order chi connectivity index (χ0) is 20.3. The first-order valence-corrected chi connectivity index (χ1v) is 9.95. The molecule has 0 amide bonds. The molecular formula is C23H26N4O2. The van der Waals surface area contributed by atoms with Crippen LogP contribution < -0.4 is 5.32 Å². The smallest absolute Gasteiger partial charge is 0.354 e. The Balaban J connectivity index is 1.88. The Bertz CT molecular complexity index is 840. The minimum atomic E-state index is -0.730. The third-order valence-electron chi connectivity index (χ3n) is 4.75. The first-order valence-electron chi connectivity index (χ1n) is 9.95. The van der Waals surface area contributed by atoms with E-state index in [1.807, 2.05) is 54.6 Å². The van der Waals surface area contributed by atoms with Crippen molar-refractivity contribution in [3.8, 4) is 0 Å². The number of carbonyl (C=O) groups is 1. The fourth-order valence-corrected chi connectivity index (χ4v) is 3.24. The van der Waals surface area contributed by atoms with Gasteiger partial charge in [0.15, 0.2) is 0 Å². The summed E-state index contributed by atoms with van der Waals surface area (Å²) in [4.78, 5) is 21.1. The summed E-state index contributed by atoms with van der Waals surface area (Å²) in [5.74, 6) is -0.255. The van der Waals surface area contributed by atoms with Gasteiger partial charge >= 0.3 is 5.97 Å². The van der Waals surface area contributed by atoms with Crippen molar-refractivity contribution in [3.05, 3.63) is 78.6 Å². The van der Waals surface area contributed by atoms with Crippen LogP contribution in [0.15, 0.2) is 73.1 Å². The molecule has 2 N–H and O–H groups in total. The van der Waals surface area contributed by atoms with Crippen molar-refractivity contribution in [1.82, 2.24) is 9.97 Å². The first-order chi connectivity index (χ1) is 14.2. The molecule has 29 heavy (non-hydrogen) atoms. The molecule has 1 fully saturated rings. The number of carbonyl (C=O) groups excluding carboxylic acids is 1. The van der Waals surface area contributed by atoms with Crippen molar-refractivity contribution in [1.29, 1.82) is 5.41 Å². The van der Waals surface area contributed by atoms with E-state index in [-0.39, 0.29) is 11.8 Å². The van der Waals surface area contributed by atoms with E-state index in [1.165, 1.54) is 6.42 Å². The molecule has 1 unspecified atom stereocenters. The van der Waals surface area contributed by atoms with Crippen LogP contribution in [0.2, 0.25) is 0 Å². The molecule has 0 radical (unpaired) electrons. The Morgan fingerprint density at radius 3 is 2.14 bits per heavy atom. The molecule has 1 aromatic carbocycles. The Morgan fingerprint density at radius 1 is 0.931 bits per heavy atom. The lowest BCUT2D eigenvalue weighted by Gasteiger charge is -2.24. The van der Waals surface area contributed by atoms with Crippen molar-refractivity contribution in [3.63, 3.8) is 0 Å². The van der Waals surface area contributed by atoms with Gasteiger partial charge < -0.3 is 10.1 Å². The van der Waals surface area contributed by atoms with Crippen LogP contribution in [-0.4, -0.2) is 27.8 Å². The van der Waals surface area contributed by atoms with Gasteiger partial charge in [-0.3, -0.25) is 5.41 Å². The second kappa shape index (κ2) is 10.9. The van der Waals surface area contributed by atoms with Crippen LogP contribution in [0.3, 0.4) is 0 Å². The maximum Gasteiger partial charge on any atom is 0.354 e. The van der Waals surface area contributed by atoms with Gasteiger partial charge in [0, 0.05) is 12.4 Å². The average Bonchev–Trinajstić information content (AvgIpc) is 2.77. The van der Waals surface area contributed by atoms with Gasteiger partial charge in [0.05, 0.1) is 0 Å². The SMILES string of the molecule is N=C(C(=O)OC1CCCCC1)C(Nc1ncccn1)c1ccccccccc1. The third kappa shape index (κ3) is 6.38. The van der Waals surface area contributed by atoms with Crippen molar-refractivity contribution in [2.45, 2.75) is 44.2 Å². The Morgan fingerprint density at radius 2 is 1.52 bits per heavy atom. The molecular weight excluding hydrogens is 364 g/mol. The number of ether oxygens (including phenoxy) is 1. The van der Waals surface area contributed by atoms with Gasteiger partial charge in [-0.25, -0.2) is 14.8 Å². The standard InChI is InChI=1S/C23H26N4O2/c24-20(22(28)29-19-14-9-6-10-15-19)21(27-23-25-16-11-17-26-23)18-12-7-4-2-1-3-5-8-13-18/h1-5,7-8,11-13,16-17,19,21,24H,6,9-10,14-15H2,(H,25,26,27). The quantitative estimate of drug-likeness (QED) is 0.554. The monoisotopic (exact) mass is 390 g/mol. The highest BCUT2D eigenvalue weighted by atomic mass is 16.5. The van der Waals surface area contributed by atoms with Gasteiger partial charge in [-0.2, -0.15) is 0 Å². The molecule has 150 valence electrons. The Labute approximate surface area is 171 Å². The largest absolute Gasteiger partial charge is 0.458 e. The second-order valence-electron chi connectivity index (χ2n) is 6.91. The summed E-state index contributed by atoms with van der Waals surface area (Å²) < 4.78 is 5.62. The summed E-state index contributed by atoms with van der Waals surface area (Å²) in [5.41, 5.74) is 0.572. The number of hydrogen-bond acceptors (Lipinski definition) is 6. The molecule has 1 heterocycles. The summed E-state index contributed by atoms with van der Waals surface area (Å²) in [6, 6.07) is 18.0. The highest BCUT2D eigenvalue weighted by molar-refractivity contribution is 6.37. The van der Waals surface area contributed by atoms with Crippen LogP contribution in [0.1, 0.15) is 43.7 Å². The number of anilines is 1. The summed E-state index contributed by atoms with van der Waals surface area (Å²) in [6.07, 6.45) is 8.14. The summed E-state index contributed by atoms with van der Waals surface area (Å²) in [7, 11) is 0. The predicted molar refractivity (Wildman–Crippen MR) is 113 cm³/mol. The highest BCUT2D eigenvalue weighted by Gasteiger charge is 2.27. The molecule has 2 aromatic rings. The van der Waals surface area contributed by atoms with E-state index < -0.39 is 12.0 Å². The number of rotatable bonds is 6. The molecule has 0 bridgehead atoms. The number of esters is 1. The van der Waals surface area contributed by atoms with Crippen LogP contribution >= 0.6 is 0 Å². The summed E-state index contributed by atoms with van der Waals surface area (Å²) in [5, 5.41) is 11.7. The van der Waals surface area contributed by atoms with Crippen molar-refractivity contribution in [2.24, 2.45) is 0 Å². The van der Waals surface area contributed by atoms with E-state index >= 15 is 0 Å². The van der Waals surface area contributed by atoms with Gasteiger partial charge in [0.25, 0.3) is 0 Å². The van der Waals surface area contributed by atoms with Gasteiger partial charge in [-0.15, -0.1) is 0 Å². The number of hydrogen-bond donors (Lipinski definition) is 2. The minimum absolute atomic E-state index is 0.105. The first kappa shape index (κ1) is 20.5. The zero-order valence-corrected chi connectivity index (χ0v) is 16.3. The van der Waals surface area contributed by atoms with Crippen molar-refractivity contribution >= 4 is 17.6 Å². The molecule has 6 nitrogen and oxygen atoms in total. The van der Waals surface area contributed by atoms with E-state index in [0.29, 0.717) is 5.95 Å². The summed E-state index contributed by atoms with van der Waals surface area (Å²) >= 11 is 0. The molecule has 0 aliphatic heterocycles. The summed E-state index contributed by atoms with van der Waals surface area (Å²) in [6.45, 7) is 0. The topological polar surface area (TPSA) is 88.0 Å². The van der Waals surface area contributed by atoms with E-state index in [1.54, 1.807) is 18.5 Å². The van der Waals surface area contributed by atoms with Crippen LogP contribution in [-0.2, 0) is 9.53 Å². The lowest BCUT2D eigenvalue weighted by Crippen LogP contribution is -2.32. The fourth-order valence-electron chi connectivity index (χ4n) is 3.24. The molecule has 0 spiro atoms. The lowest BCUT2D eigenvalue weighted by molar-refractivity contribution is -0.142. The molecule has 1 atom stereocenters. The van der Waals surface area contributed by atoms with Gasteiger partial charge in [0.2, 0.25) is 5.95 Å². The minimum Gasteiger partial charge on any atom is -0.458 e. The second-order valence-corrected chi connectivity index (χ2v) is 6.91. The molecule has 6 heteroatoms. The maximum atomic E-state index is 12.7. The van der Waals surface area contributed by atoms with Crippen molar-refractivity contribution in [2.75, 3.05) is 5.32 Å². The molecule has 1 saturated carbocycles. The van der Waals surface area contributed by atoms with Gasteiger partial charge in [-0.05, 0) is 37.3 Å². The van der Waals surface area contributed by atoms with Crippen LogP contribution in [0.5, 0.6) is 0 Å². The molecule has 1 aliphatic rings. The van der Waals surface area contributed by atoms with E-state index in [0.717, 1.165) is 31.2 Å². The van der Waals surface area contributed by atoms with Gasteiger partial charge in [0.1, 0.15) is 17.9 Å². The normalized spacial score (nSPS) is 14.9. The lowest BCUT2D eigenvalue weighted by atomic mass is 9.97.